The van der Waals surface area contributed by atoms with Crippen molar-refractivity contribution in [2.24, 2.45) is 0 Å². The van der Waals surface area contributed by atoms with Gasteiger partial charge in [-0.2, -0.15) is 0 Å². The first-order chi connectivity index (χ1) is 8.06. The summed E-state index contributed by atoms with van der Waals surface area (Å²) < 4.78 is 4.95. The quantitative estimate of drug-likeness (QED) is 0.761. The van der Waals surface area contributed by atoms with E-state index >= 15 is 0 Å². The van der Waals surface area contributed by atoms with Crippen LogP contribution in [0.1, 0.15) is 6.92 Å². The number of nitrogens with one attached hydrogen (secondary N) is 1. The van der Waals surface area contributed by atoms with Crippen LogP contribution in [0.2, 0.25) is 0 Å². The Morgan fingerprint density at radius 2 is 2.12 bits per heavy atom. The fourth-order valence-electron chi connectivity index (χ4n) is 1.40. The zero-order chi connectivity index (χ0) is 12.4. The zero-order valence-electron chi connectivity index (χ0n) is 9.14. The van der Waals surface area contributed by atoms with Crippen LogP contribution in [0.5, 0.6) is 0 Å². The number of carbonyl (C=O) groups excluding carboxylic acids is 1. The van der Waals surface area contributed by atoms with E-state index < -0.39 is 17.6 Å². The highest BCUT2D eigenvalue weighted by Gasteiger charge is 2.09. The summed E-state index contributed by atoms with van der Waals surface area (Å²) in [5.74, 6) is -0.485. The van der Waals surface area contributed by atoms with Crippen LogP contribution in [0, 0.1) is 0 Å². The third kappa shape index (κ3) is 2.51. The third-order valence-corrected chi connectivity index (χ3v) is 2.27. The van der Waals surface area contributed by atoms with Crippen LogP contribution in [0.15, 0.2) is 39.5 Å². The van der Waals surface area contributed by atoms with Crippen molar-refractivity contribution in [2.75, 3.05) is 5.32 Å². The largest absolute Gasteiger partial charge is 0.423 e. The van der Waals surface area contributed by atoms with Crippen LogP contribution in [0.3, 0.4) is 0 Å². The van der Waals surface area contributed by atoms with Crippen molar-refractivity contribution >= 4 is 22.6 Å². The zero-order valence-corrected chi connectivity index (χ0v) is 9.14. The molecule has 17 heavy (non-hydrogen) atoms. The molecule has 0 fully saturated rings. The molecule has 0 aliphatic rings. The summed E-state index contributed by atoms with van der Waals surface area (Å²) in [6.07, 6.45) is -1.07. The van der Waals surface area contributed by atoms with E-state index in [1.807, 2.05) is 0 Å². The molecule has 0 radical (unpaired) electrons. The van der Waals surface area contributed by atoms with E-state index in [2.05, 4.69) is 5.32 Å². The van der Waals surface area contributed by atoms with Crippen LogP contribution in [0.4, 0.5) is 5.69 Å². The molecule has 0 bridgehead atoms. The first-order valence-electron chi connectivity index (χ1n) is 5.09. The number of aliphatic hydroxyl groups excluding tert-OH is 1. The molecule has 1 unspecified atom stereocenters. The Bertz CT molecular complexity index is 615. The van der Waals surface area contributed by atoms with Crippen molar-refractivity contribution in [1.82, 2.24) is 0 Å². The minimum atomic E-state index is -1.07. The van der Waals surface area contributed by atoms with Crippen LogP contribution in [-0.4, -0.2) is 17.1 Å². The van der Waals surface area contributed by atoms with Crippen LogP contribution < -0.4 is 10.9 Å². The number of aliphatic hydroxyl groups is 1. The summed E-state index contributed by atoms with van der Waals surface area (Å²) in [7, 11) is 0. The highest BCUT2D eigenvalue weighted by Crippen LogP contribution is 2.17. The van der Waals surface area contributed by atoms with E-state index in [0.717, 1.165) is 0 Å². The molecule has 1 atom stereocenters. The second-order valence-electron chi connectivity index (χ2n) is 3.67. The first-order valence-corrected chi connectivity index (χ1v) is 5.09. The standard InChI is InChI=1S/C12H11NO4/c1-7(14)12(16)13-9-3-4-10-8(6-9)2-5-11(15)17-10/h2-7,14H,1H3,(H,13,16). The van der Waals surface area contributed by atoms with Crippen molar-refractivity contribution in [3.8, 4) is 0 Å². The Hall–Kier alpha value is -2.14. The van der Waals surface area contributed by atoms with E-state index in [0.29, 0.717) is 16.7 Å². The molecular formula is C12H11NO4. The van der Waals surface area contributed by atoms with Gasteiger partial charge in [0.2, 0.25) is 0 Å². The van der Waals surface area contributed by atoms with Gasteiger partial charge >= 0.3 is 5.63 Å². The van der Waals surface area contributed by atoms with Gasteiger partial charge in [-0.3, -0.25) is 4.79 Å². The summed E-state index contributed by atoms with van der Waals surface area (Å²) in [5, 5.41) is 12.3. The second-order valence-corrected chi connectivity index (χ2v) is 3.67. The van der Waals surface area contributed by atoms with Crippen LogP contribution >= 0.6 is 0 Å². The summed E-state index contributed by atoms with van der Waals surface area (Å²) in [6, 6.07) is 7.78. The molecular weight excluding hydrogens is 222 g/mol. The summed E-state index contributed by atoms with van der Waals surface area (Å²) in [4.78, 5) is 22.2. The average Bonchev–Trinajstić information content (AvgIpc) is 2.29. The molecule has 2 rings (SSSR count). The van der Waals surface area contributed by atoms with Gasteiger partial charge in [0, 0.05) is 17.1 Å². The fourth-order valence-corrected chi connectivity index (χ4v) is 1.40. The minimum absolute atomic E-state index is 0.418. The minimum Gasteiger partial charge on any atom is -0.423 e. The van der Waals surface area contributed by atoms with Gasteiger partial charge < -0.3 is 14.8 Å². The molecule has 5 nitrogen and oxygen atoms in total. The molecule has 1 aromatic heterocycles. The molecule has 1 heterocycles. The molecule has 2 aromatic rings. The van der Waals surface area contributed by atoms with Crippen LogP contribution in [-0.2, 0) is 4.79 Å². The molecule has 0 saturated carbocycles. The topological polar surface area (TPSA) is 79.5 Å². The number of hydrogen-bond donors (Lipinski definition) is 2. The highest BCUT2D eigenvalue weighted by molar-refractivity contribution is 5.95. The van der Waals surface area contributed by atoms with Gasteiger partial charge in [0.25, 0.3) is 5.91 Å². The Labute approximate surface area is 96.7 Å². The average molecular weight is 233 g/mol. The Morgan fingerprint density at radius 1 is 1.35 bits per heavy atom. The predicted molar refractivity (Wildman–Crippen MR) is 62.8 cm³/mol. The monoisotopic (exact) mass is 233 g/mol. The van der Waals surface area contributed by atoms with Crippen LogP contribution in [0.25, 0.3) is 11.0 Å². The molecule has 0 aliphatic heterocycles. The number of anilines is 1. The first kappa shape index (κ1) is 11.3. The van der Waals surface area contributed by atoms with Crippen molar-refractivity contribution in [3.63, 3.8) is 0 Å². The van der Waals surface area contributed by atoms with Gasteiger partial charge in [-0.05, 0) is 31.2 Å². The maximum absolute atomic E-state index is 11.3. The van der Waals surface area contributed by atoms with Gasteiger partial charge in [-0.15, -0.1) is 0 Å². The van der Waals surface area contributed by atoms with E-state index in [1.54, 1.807) is 24.3 Å². The number of hydrogen-bond acceptors (Lipinski definition) is 4. The normalized spacial score (nSPS) is 12.4. The highest BCUT2D eigenvalue weighted by atomic mass is 16.4. The molecule has 88 valence electrons. The van der Waals surface area contributed by atoms with Crippen molar-refractivity contribution in [1.29, 1.82) is 0 Å². The van der Waals surface area contributed by atoms with E-state index in [1.165, 1.54) is 13.0 Å². The molecule has 1 amide bonds. The summed E-state index contributed by atoms with van der Waals surface area (Å²) in [5.41, 5.74) is 0.572. The lowest BCUT2D eigenvalue weighted by atomic mass is 10.2. The number of amides is 1. The van der Waals surface area contributed by atoms with Gasteiger partial charge in [0.05, 0.1) is 0 Å². The number of carbonyl (C=O) groups is 1. The maximum Gasteiger partial charge on any atom is 0.336 e. The Kier molecular flexibility index (Phi) is 2.93. The lowest BCUT2D eigenvalue weighted by Gasteiger charge is -2.07. The SMILES string of the molecule is CC(O)C(=O)Nc1ccc2oc(=O)ccc2c1. The molecule has 0 saturated heterocycles. The van der Waals surface area contributed by atoms with Crippen molar-refractivity contribution < 1.29 is 14.3 Å². The third-order valence-electron chi connectivity index (χ3n) is 2.27. The van der Waals surface area contributed by atoms with Gasteiger partial charge in [0.15, 0.2) is 0 Å². The van der Waals surface area contributed by atoms with E-state index in [-0.39, 0.29) is 0 Å². The summed E-state index contributed by atoms with van der Waals surface area (Å²) >= 11 is 0. The van der Waals surface area contributed by atoms with E-state index in [4.69, 9.17) is 9.52 Å². The fraction of sp³-hybridized carbons (Fsp3) is 0.167. The lowest BCUT2D eigenvalue weighted by Crippen LogP contribution is -2.24. The molecule has 2 N–H and O–H groups in total. The lowest BCUT2D eigenvalue weighted by molar-refractivity contribution is -0.123. The van der Waals surface area contributed by atoms with E-state index in [9.17, 15) is 9.59 Å². The predicted octanol–water partition coefficient (Wildman–Crippen LogP) is 1.11. The molecule has 0 aliphatic carbocycles. The Balaban J connectivity index is 2.35. The van der Waals surface area contributed by atoms with Gasteiger partial charge in [-0.1, -0.05) is 0 Å². The summed E-state index contributed by atoms with van der Waals surface area (Å²) in [6.45, 7) is 1.38. The molecule has 1 aromatic carbocycles. The van der Waals surface area contributed by atoms with Gasteiger partial charge in [0.1, 0.15) is 11.7 Å². The smallest absolute Gasteiger partial charge is 0.336 e. The number of fused-ring (bicyclic) bond motifs is 1. The molecule has 5 heteroatoms. The second kappa shape index (κ2) is 4.39. The maximum atomic E-state index is 11.3. The van der Waals surface area contributed by atoms with Crippen molar-refractivity contribution in [2.45, 2.75) is 13.0 Å². The van der Waals surface area contributed by atoms with Crippen molar-refractivity contribution in [3.05, 3.63) is 40.8 Å². The number of benzene rings is 1. The molecule has 0 spiro atoms. The van der Waals surface area contributed by atoms with Gasteiger partial charge in [-0.25, -0.2) is 4.79 Å². The number of rotatable bonds is 2. The Morgan fingerprint density at radius 3 is 2.82 bits per heavy atom.